The number of imidazole rings is 1. The average molecular weight is 229 g/mol. The second-order valence-corrected chi connectivity index (χ2v) is 3.68. The third kappa shape index (κ3) is 1.47. The topological polar surface area (TPSA) is 59.4 Å². The lowest BCUT2D eigenvalue weighted by atomic mass is 10.3. The molecule has 3 aromatic rings. The zero-order valence-electron chi connectivity index (χ0n) is 9.30. The summed E-state index contributed by atoms with van der Waals surface area (Å²) in [5.41, 5.74) is 2.97. The van der Waals surface area contributed by atoms with Gasteiger partial charge in [0.1, 0.15) is 5.69 Å². The van der Waals surface area contributed by atoms with E-state index in [1.165, 1.54) is 0 Å². The van der Waals surface area contributed by atoms with Crippen molar-refractivity contribution in [2.75, 3.05) is 6.61 Å². The Bertz CT molecular complexity index is 696. The highest BCUT2D eigenvalue weighted by Crippen LogP contribution is 2.16. The lowest BCUT2D eigenvalue weighted by Gasteiger charge is -1.97. The summed E-state index contributed by atoms with van der Waals surface area (Å²) in [6.07, 6.45) is 0. The highest BCUT2D eigenvalue weighted by atomic mass is 16.5. The number of H-pyrrole nitrogens is 1. The number of nitrogens with one attached hydrogen (secondary N) is 1. The van der Waals surface area contributed by atoms with E-state index in [-0.39, 0.29) is 5.97 Å². The van der Waals surface area contributed by atoms with Gasteiger partial charge in [-0.25, -0.2) is 14.3 Å². The van der Waals surface area contributed by atoms with Crippen molar-refractivity contribution in [3.63, 3.8) is 0 Å². The molecular weight excluding hydrogens is 218 g/mol. The quantitative estimate of drug-likeness (QED) is 0.683. The summed E-state index contributed by atoms with van der Waals surface area (Å²) in [6, 6.07) is 9.43. The Labute approximate surface area is 97.0 Å². The lowest BCUT2D eigenvalue weighted by Crippen LogP contribution is -2.05. The maximum Gasteiger partial charge on any atom is 0.356 e. The second kappa shape index (κ2) is 3.62. The monoisotopic (exact) mass is 229 g/mol. The first kappa shape index (κ1) is 9.89. The molecule has 1 N–H and O–H groups in total. The number of esters is 1. The van der Waals surface area contributed by atoms with E-state index in [4.69, 9.17) is 4.74 Å². The number of carbonyl (C=O) groups excluding carboxylic acids is 1. The number of hydrogen-bond acceptors (Lipinski definition) is 3. The summed E-state index contributed by atoms with van der Waals surface area (Å²) in [7, 11) is 0. The molecule has 0 unspecified atom stereocenters. The Morgan fingerprint density at radius 1 is 1.47 bits per heavy atom. The van der Waals surface area contributed by atoms with Crippen molar-refractivity contribution >= 4 is 22.6 Å². The number of fused-ring (bicyclic) bond motifs is 3. The molecule has 86 valence electrons. The van der Waals surface area contributed by atoms with Gasteiger partial charge < -0.3 is 4.74 Å². The van der Waals surface area contributed by atoms with Crippen molar-refractivity contribution in [3.05, 3.63) is 36.0 Å². The van der Waals surface area contributed by atoms with Gasteiger partial charge in [0.15, 0.2) is 5.65 Å². The van der Waals surface area contributed by atoms with Crippen LogP contribution in [0.1, 0.15) is 17.4 Å². The molecule has 0 aliphatic carbocycles. The van der Waals surface area contributed by atoms with Crippen LogP contribution in [0, 0.1) is 0 Å². The zero-order valence-corrected chi connectivity index (χ0v) is 9.30. The molecule has 1 aromatic carbocycles. The molecule has 2 aromatic heterocycles. The maximum absolute atomic E-state index is 11.6. The predicted molar refractivity (Wildman–Crippen MR) is 63.0 cm³/mol. The first-order valence-corrected chi connectivity index (χ1v) is 5.43. The number of nitrogens with zero attached hydrogens (tertiary/aromatic N) is 2. The normalized spacial score (nSPS) is 11.1. The van der Waals surface area contributed by atoms with E-state index in [1.807, 2.05) is 24.3 Å². The Morgan fingerprint density at radius 3 is 3.12 bits per heavy atom. The Morgan fingerprint density at radius 2 is 2.29 bits per heavy atom. The number of benzene rings is 1. The van der Waals surface area contributed by atoms with Crippen LogP contribution in [-0.4, -0.2) is 27.2 Å². The van der Waals surface area contributed by atoms with Crippen molar-refractivity contribution in [2.45, 2.75) is 6.92 Å². The number of aromatic amines is 1. The fourth-order valence-corrected chi connectivity index (χ4v) is 1.85. The fourth-order valence-electron chi connectivity index (χ4n) is 1.85. The van der Waals surface area contributed by atoms with Gasteiger partial charge in [0.05, 0.1) is 17.6 Å². The molecule has 0 bridgehead atoms. The molecule has 17 heavy (non-hydrogen) atoms. The van der Waals surface area contributed by atoms with Crippen molar-refractivity contribution in [2.24, 2.45) is 0 Å². The van der Waals surface area contributed by atoms with E-state index in [2.05, 4.69) is 10.1 Å². The van der Waals surface area contributed by atoms with Gasteiger partial charge >= 0.3 is 5.97 Å². The van der Waals surface area contributed by atoms with Crippen LogP contribution in [0.3, 0.4) is 0 Å². The Balaban J connectivity index is 2.17. The van der Waals surface area contributed by atoms with Gasteiger partial charge in [-0.2, -0.15) is 0 Å². The maximum atomic E-state index is 11.6. The van der Waals surface area contributed by atoms with E-state index in [0.29, 0.717) is 17.9 Å². The molecule has 5 nitrogen and oxygen atoms in total. The number of rotatable bonds is 2. The Kier molecular flexibility index (Phi) is 2.11. The first-order chi connectivity index (χ1) is 8.29. The van der Waals surface area contributed by atoms with Gasteiger partial charge in [0.25, 0.3) is 0 Å². The number of aromatic nitrogens is 3. The summed E-state index contributed by atoms with van der Waals surface area (Å²) in [5, 5.41) is 2.98. The molecule has 0 aliphatic rings. The number of hydrogen-bond donors (Lipinski definition) is 1. The lowest BCUT2D eigenvalue weighted by molar-refractivity contribution is 0.0519. The first-order valence-electron chi connectivity index (χ1n) is 5.43. The SMILES string of the molecule is CCOC(=O)c1cc2nc3ccccc3n2[nH]1. The van der Waals surface area contributed by atoms with Gasteiger partial charge in [0, 0.05) is 6.07 Å². The van der Waals surface area contributed by atoms with Crippen LogP contribution in [-0.2, 0) is 4.74 Å². The van der Waals surface area contributed by atoms with Crippen molar-refractivity contribution in [1.29, 1.82) is 0 Å². The standard InChI is InChI=1S/C12H11N3O2/c1-2-17-12(16)9-7-11-13-8-5-3-4-6-10(8)15(11)14-9/h3-7,14H,2H2,1H3. The minimum Gasteiger partial charge on any atom is -0.461 e. The van der Waals surface area contributed by atoms with Crippen molar-refractivity contribution < 1.29 is 9.53 Å². The van der Waals surface area contributed by atoms with Crippen LogP contribution in [0.15, 0.2) is 30.3 Å². The Hall–Kier alpha value is -2.30. The van der Waals surface area contributed by atoms with E-state index in [9.17, 15) is 4.79 Å². The van der Waals surface area contributed by atoms with E-state index < -0.39 is 0 Å². The van der Waals surface area contributed by atoms with E-state index in [0.717, 1.165) is 11.0 Å². The third-order valence-corrected chi connectivity index (χ3v) is 2.59. The molecule has 0 fully saturated rings. The summed E-state index contributed by atoms with van der Waals surface area (Å²) >= 11 is 0. The molecule has 0 spiro atoms. The molecule has 0 saturated heterocycles. The average Bonchev–Trinajstić information content (AvgIpc) is 2.86. The van der Waals surface area contributed by atoms with Crippen molar-refractivity contribution in [1.82, 2.24) is 14.6 Å². The zero-order chi connectivity index (χ0) is 11.8. The van der Waals surface area contributed by atoms with Crippen LogP contribution in [0.25, 0.3) is 16.7 Å². The molecule has 0 radical (unpaired) electrons. The summed E-state index contributed by atoms with van der Waals surface area (Å²) in [6.45, 7) is 2.14. The minimum absolute atomic E-state index is 0.359. The van der Waals surface area contributed by atoms with Crippen LogP contribution in [0.4, 0.5) is 0 Å². The molecule has 5 heteroatoms. The highest BCUT2D eigenvalue weighted by molar-refractivity contribution is 5.90. The van der Waals surface area contributed by atoms with E-state index in [1.54, 1.807) is 17.5 Å². The number of ether oxygens (including phenoxy) is 1. The highest BCUT2D eigenvalue weighted by Gasteiger charge is 2.13. The fraction of sp³-hybridized carbons (Fsp3) is 0.167. The molecule has 0 aliphatic heterocycles. The molecular formula is C12H11N3O2. The minimum atomic E-state index is -0.359. The molecule has 0 amide bonds. The number of carbonyl (C=O) groups is 1. The van der Waals surface area contributed by atoms with E-state index >= 15 is 0 Å². The summed E-state index contributed by atoms with van der Waals surface area (Å²) < 4.78 is 6.71. The number of para-hydroxylation sites is 2. The smallest absolute Gasteiger partial charge is 0.356 e. The molecule has 0 atom stereocenters. The van der Waals surface area contributed by atoms with Gasteiger partial charge in [-0.05, 0) is 19.1 Å². The molecule has 0 saturated carbocycles. The molecule has 2 heterocycles. The van der Waals surface area contributed by atoms with Crippen molar-refractivity contribution in [3.8, 4) is 0 Å². The predicted octanol–water partition coefficient (Wildman–Crippen LogP) is 1.99. The summed E-state index contributed by atoms with van der Waals surface area (Å²) in [4.78, 5) is 16.0. The van der Waals surface area contributed by atoms with Gasteiger partial charge in [0.2, 0.25) is 0 Å². The molecule has 3 rings (SSSR count). The van der Waals surface area contributed by atoms with Crippen LogP contribution < -0.4 is 0 Å². The third-order valence-electron chi connectivity index (χ3n) is 2.59. The summed E-state index contributed by atoms with van der Waals surface area (Å²) in [5.74, 6) is -0.359. The van der Waals surface area contributed by atoms with Crippen LogP contribution >= 0.6 is 0 Å². The largest absolute Gasteiger partial charge is 0.461 e. The van der Waals surface area contributed by atoms with Gasteiger partial charge in [-0.15, -0.1) is 0 Å². The van der Waals surface area contributed by atoms with Gasteiger partial charge in [-0.1, -0.05) is 12.1 Å². The second-order valence-electron chi connectivity index (χ2n) is 3.68. The van der Waals surface area contributed by atoms with Gasteiger partial charge in [-0.3, -0.25) is 5.10 Å². The van der Waals surface area contributed by atoms with Crippen LogP contribution in [0.2, 0.25) is 0 Å². The van der Waals surface area contributed by atoms with Crippen LogP contribution in [0.5, 0.6) is 0 Å².